The van der Waals surface area contributed by atoms with Gasteiger partial charge in [0.15, 0.2) is 0 Å². The Morgan fingerprint density at radius 3 is 1.96 bits per heavy atom. The van der Waals surface area contributed by atoms with Crippen LogP contribution in [0.25, 0.3) is 91.5 Å². The van der Waals surface area contributed by atoms with Crippen molar-refractivity contribution in [1.82, 2.24) is 4.40 Å². The fourth-order valence-electron chi connectivity index (χ4n) is 8.14. The van der Waals surface area contributed by atoms with Crippen molar-refractivity contribution in [2.45, 2.75) is 6.42 Å². The summed E-state index contributed by atoms with van der Waals surface area (Å²) in [4.78, 5) is 14.1. The highest BCUT2D eigenvalue weighted by Crippen LogP contribution is 2.43. The third kappa shape index (κ3) is 3.47. The minimum atomic E-state index is 0.0360. The Morgan fingerprint density at radius 2 is 1.06 bits per heavy atom. The normalized spacial score (nSPS) is 12.7. The van der Waals surface area contributed by atoms with Gasteiger partial charge in [0, 0.05) is 41.7 Å². The lowest BCUT2D eigenvalue weighted by Crippen LogP contribution is -2.12. The summed E-state index contributed by atoms with van der Waals surface area (Å²) in [6, 6.07) is 50.4. The van der Waals surface area contributed by atoms with E-state index in [-0.39, 0.29) is 5.56 Å². The standard InChI is InChI=1S/C44H25NOS/c46-44-34-11-4-3-9-32(34)38-23-30(27-13-14-29-19-28-7-1-2-8-31(28)35(29)20-27)24-39-36-21-25(15-17-40(36)45(44)43(38)39)26-16-18-42-37(22-26)33-10-5-6-12-41(33)47-42/h1-18,20-24H,19H2. The average molecular weight is 616 g/mol. The molecule has 0 N–H and O–H groups in total. The Labute approximate surface area is 273 Å². The highest BCUT2D eigenvalue weighted by molar-refractivity contribution is 7.25. The third-order valence-electron chi connectivity index (χ3n) is 10.4. The summed E-state index contributed by atoms with van der Waals surface area (Å²) in [5.74, 6) is 0. The Morgan fingerprint density at radius 1 is 0.447 bits per heavy atom. The van der Waals surface area contributed by atoms with Gasteiger partial charge >= 0.3 is 0 Å². The molecule has 0 saturated carbocycles. The molecule has 47 heavy (non-hydrogen) atoms. The van der Waals surface area contributed by atoms with Gasteiger partial charge < -0.3 is 0 Å². The second-order valence-corrected chi connectivity index (χ2v) is 13.9. The molecule has 1 aliphatic rings. The van der Waals surface area contributed by atoms with E-state index in [1.807, 2.05) is 33.9 Å². The van der Waals surface area contributed by atoms with Gasteiger partial charge in [0.05, 0.1) is 11.0 Å². The van der Waals surface area contributed by atoms with Crippen molar-refractivity contribution in [2.24, 2.45) is 0 Å². The summed E-state index contributed by atoms with van der Waals surface area (Å²) in [5, 5.41) is 7.66. The van der Waals surface area contributed by atoms with E-state index in [4.69, 9.17) is 0 Å². The zero-order valence-corrected chi connectivity index (χ0v) is 26.1. The fraction of sp³-hybridized carbons (Fsp3) is 0.0227. The predicted molar refractivity (Wildman–Crippen MR) is 199 cm³/mol. The molecule has 10 aromatic rings. The number of thiophene rings is 1. The number of hydrogen-bond acceptors (Lipinski definition) is 2. The molecule has 0 fully saturated rings. The maximum absolute atomic E-state index is 14.1. The molecule has 218 valence electrons. The van der Waals surface area contributed by atoms with Gasteiger partial charge in [-0.15, -0.1) is 11.3 Å². The Bertz CT molecular complexity index is 3020. The van der Waals surface area contributed by atoms with Gasteiger partial charge in [0.2, 0.25) is 0 Å². The van der Waals surface area contributed by atoms with Crippen molar-refractivity contribution in [1.29, 1.82) is 0 Å². The van der Waals surface area contributed by atoms with E-state index in [1.54, 1.807) is 0 Å². The van der Waals surface area contributed by atoms with Gasteiger partial charge in [-0.05, 0) is 111 Å². The Hall–Kier alpha value is -5.77. The number of aromatic nitrogens is 1. The molecule has 0 radical (unpaired) electrons. The average Bonchev–Trinajstić information content (AvgIpc) is 3.79. The molecule has 1 aliphatic carbocycles. The lowest BCUT2D eigenvalue weighted by Gasteiger charge is -2.11. The predicted octanol–water partition coefficient (Wildman–Crippen LogP) is 11.5. The molecule has 11 rings (SSSR count). The maximum Gasteiger partial charge on any atom is 0.263 e. The van der Waals surface area contributed by atoms with E-state index in [1.165, 1.54) is 59.1 Å². The molecule has 0 saturated heterocycles. The van der Waals surface area contributed by atoms with E-state index in [0.29, 0.717) is 0 Å². The molecule has 2 nitrogen and oxygen atoms in total. The van der Waals surface area contributed by atoms with Crippen LogP contribution in [0.15, 0.2) is 144 Å². The van der Waals surface area contributed by atoms with Crippen LogP contribution in [0.4, 0.5) is 0 Å². The minimum Gasteiger partial charge on any atom is -0.275 e. The first-order chi connectivity index (χ1) is 23.2. The van der Waals surface area contributed by atoms with Crippen molar-refractivity contribution in [3.8, 4) is 33.4 Å². The Kier molecular flexibility index (Phi) is 4.95. The van der Waals surface area contributed by atoms with Crippen molar-refractivity contribution in [2.75, 3.05) is 0 Å². The van der Waals surface area contributed by atoms with Crippen LogP contribution in [-0.2, 0) is 6.42 Å². The summed E-state index contributed by atoms with van der Waals surface area (Å²) < 4.78 is 4.56. The van der Waals surface area contributed by atoms with Crippen molar-refractivity contribution < 1.29 is 0 Å². The first-order valence-corrected chi connectivity index (χ1v) is 16.9. The molecule has 0 amide bonds. The zero-order valence-electron chi connectivity index (χ0n) is 25.2. The first-order valence-electron chi connectivity index (χ1n) is 16.1. The Balaban J connectivity index is 1.20. The summed E-state index contributed by atoms with van der Waals surface area (Å²) in [6.45, 7) is 0. The highest BCUT2D eigenvalue weighted by Gasteiger charge is 2.22. The molecule has 3 heteroatoms. The number of nitrogens with zero attached hydrogens (tertiary/aromatic N) is 1. The number of fused-ring (bicyclic) bond motifs is 11. The SMILES string of the molecule is O=c1c2ccccc2c2cc(-c3ccc4c(c3)-c3ccccc3C4)cc3c4cc(-c5ccc6sc7ccccc7c6c5)ccc4n1c23. The molecule has 0 aliphatic heterocycles. The smallest absolute Gasteiger partial charge is 0.263 e. The number of benzene rings is 7. The molecule has 0 bridgehead atoms. The van der Waals surface area contributed by atoms with Crippen molar-refractivity contribution >= 4 is 69.5 Å². The third-order valence-corrected chi connectivity index (χ3v) is 11.5. The molecule has 0 atom stereocenters. The molecule has 0 unspecified atom stereocenters. The largest absolute Gasteiger partial charge is 0.275 e. The maximum atomic E-state index is 14.1. The van der Waals surface area contributed by atoms with Crippen LogP contribution < -0.4 is 5.56 Å². The summed E-state index contributed by atoms with van der Waals surface area (Å²) in [6.07, 6.45) is 0.981. The monoisotopic (exact) mass is 615 g/mol. The van der Waals surface area contributed by atoms with Gasteiger partial charge in [-0.1, -0.05) is 84.9 Å². The zero-order chi connectivity index (χ0) is 30.8. The van der Waals surface area contributed by atoms with Gasteiger partial charge in [-0.25, -0.2) is 0 Å². The molecule has 7 aromatic carbocycles. The van der Waals surface area contributed by atoms with Gasteiger partial charge in [0.1, 0.15) is 0 Å². The van der Waals surface area contributed by atoms with Crippen LogP contribution in [0, 0.1) is 0 Å². The second-order valence-electron chi connectivity index (χ2n) is 12.9. The van der Waals surface area contributed by atoms with Crippen LogP contribution in [0.1, 0.15) is 11.1 Å². The number of hydrogen-bond donors (Lipinski definition) is 0. The topological polar surface area (TPSA) is 21.5 Å². The highest BCUT2D eigenvalue weighted by atomic mass is 32.1. The molecular weight excluding hydrogens is 591 g/mol. The minimum absolute atomic E-state index is 0.0360. The van der Waals surface area contributed by atoms with Crippen LogP contribution in [0.2, 0.25) is 0 Å². The van der Waals surface area contributed by atoms with Gasteiger partial charge in [-0.2, -0.15) is 0 Å². The van der Waals surface area contributed by atoms with E-state index in [9.17, 15) is 4.79 Å². The quantitative estimate of drug-likeness (QED) is 0.177. The van der Waals surface area contributed by atoms with Crippen LogP contribution >= 0.6 is 11.3 Å². The van der Waals surface area contributed by atoms with Gasteiger partial charge in [0.25, 0.3) is 5.56 Å². The van der Waals surface area contributed by atoms with Crippen LogP contribution in [0.5, 0.6) is 0 Å². The number of pyridine rings is 1. The van der Waals surface area contributed by atoms with E-state index < -0.39 is 0 Å². The summed E-state index contributed by atoms with van der Waals surface area (Å²) in [7, 11) is 0. The van der Waals surface area contributed by atoms with Crippen LogP contribution in [0.3, 0.4) is 0 Å². The first kappa shape index (κ1) is 25.4. The fourth-order valence-corrected chi connectivity index (χ4v) is 9.23. The molecule has 3 heterocycles. The van der Waals surface area contributed by atoms with E-state index in [0.717, 1.165) is 49.9 Å². The van der Waals surface area contributed by atoms with Crippen LogP contribution in [-0.4, -0.2) is 4.40 Å². The molecule has 3 aromatic heterocycles. The van der Waals surface area contributed by atoms with Gasteiger partial charge in [-0.3, -0.25) is 9.20 Å². The van der Waals surface area contributed by atoms with E-state index in [2.05, 4.69) is 121 Å². The second kappa shape index (κ2) is 9.16. The van der Waals surface area contributed by atoms with Crippen molar-refractivity contribution in [3.63, 3.8) is 0 Å². The number of rotatable bonds is 2. The van der Waals surface area contributed by atoms with E-state index >= 15 is 0 Å². The summed E-state index contributed by atoms with van der Waals surface area (Å²) >= 11 is 1.84. The van der Waals surface area contributed by atoms with Crippen molar-refractivity contribution in [3.05, 3.63) is 161 Å². The lowest BCUT2D eigenvalue weighted by atomic mass is 9.94. The summed E-state index contributed by atoms with van der Waals surface area (Å²) in [5.41, 5.74) is 12.1. The molecule has 0 spiro atoms. The lowest BCUT2D eigenvalue weighted by molar-refractivity contribution is 1.21. The molecular formula is C44H25NOS.